The van der Waals surface area contributed by atoms with Crippen molar-refractivity contribution < 1.29 is 0 Å². The van der Waals surface area contributed by atoms with Gasteiger partial charge in [0.05, 0.1) is 5.69 Å². The zero-order valence-corrected chi connectivity index (χ0v) is 9.84. The molecule has 1 aromatic carbocycles. The van der Waals surface area contributed by atoms with Gasteiger partial charge in [0.25, 0.3) is 0 Å². The standard InChI is InChI=1S/C14H17N3/c15-10-14-9-13(16-11-17-14)8-4-7-12-5-2-1-3-6-12/h1-3,5-6,9,11H,4,7-8,10,15H2. The van der Waals surface area contributed by atoms with E-state index in [0.29, 0.717) is 6.54 Å². The first-order valence-corrected chi connectivity index (χ1v) is 5.92. The second-order valence-corrected chi connectivity index (χ2v) is 4.04. The van der Waals surface area contributed by atoms with E-state index in [0.717, 1.165) is 30.7 Å². The quantitative estimate of drug-likeness (QED) is 0.851. The van der Waals surface area contributed by atoms with Gasteiger partial charge >= 0.3 is 0 Å². The molecule has 0 saturated heterocycles. The molecule has 3 nitrogen and oxygen atoms in total. The van der Waals surface area contributed by atoms with Crippen molar-refractivity contribution in [1.82, 2.24) is 9.97 Å². The van der Waals surface area contributed by atoms with E-state index in [1.54, 1.807) is 6.33 Å². The number of rotatable bonds is 5. The molecule has 0 amide bonds. The molecule has 2 N–H and O–H groups in total. The Labute approximate surface area is 102 Å². The first-order valence-electron chi connectivity index (χ1n) is 5.92. The van der Waals surface area contributed by atoms with Crippen LogP contribution in [0.1, 0.15) is 23.4 Å². The Morgan fingerprint density at radius 1 is 0.941 bits per heavy atom. The largest absolute Gasteiger partial charge is 0.325 e. The van der Waals surface area contributed by atoms with Crippen molar-refractivity contribution in [3.05, 3.63) is 59.7 Å². The second-order valence-electron chi connectivity index (χ2n) is 4.04. The number of benzene rings is 1. The minimum absolute atomic E-state index is 0.480. The van der Waals surface area contributed by atoms with E-state index in [1.165, 1.54) is 5.56 Å². The van der Waals surface area contributed by atoms with Crippen molar-refractivity contribution in [3.63, 3.8) is 0 Å². The van der Waals surface area contributed by atoms with Gasteiger partial charge in [0.1, 0.15) is 6.33 Å². The number of nitrogens with zero attached hydrogens (tertiary/aromatic N) is 2. The number of hydrogen-bond acceptors (Lipinski definition) is 3. The van der Waals surface area contributed by atoms with Crippen molar-refractivity contribution in [3.8, 4) is 0 Å². The molecule has 1 aromatic heterocycles. The van der Waals surface area contributed by atoms with Crippen LogP contribution in [0, 0.1) is 0 Å². The van der Waals surface area contributed by atoms with Crippen molar-refractivity contribution in [1.29, 1.82) is 0 Å². The molecule has 1 heterocycles. The minimum atomic E-state index is 0.480. The molecule has 2 aromatic rings. The molecule has 0 fully saturated rings. The van der Waals surface area contributed by atoms with Gasteiger partial charge in [-0.15, -0.1) is 0 Å². The summed E-state index contributed by atoms with van der Waals surface area (Å²) in [5.41, 5.74) is 8.92. The first-order chi connectivity index (χ1) is 8.38. The van der Waals surface area contributed by atoms with E-state index in [1.807, 2.05) is 12.1 Å². The predicted molar refractivity (Wildman–Crippen MR) is 68.4 cm³/mol. The summed E-state index contributed by atoms with van der Waals surface area (Å²) in [6.45, 7) is 0.480. The molecule has 0 bridgehead atoms. The summed E-state index contributed by atoms with van der Waals surface area (Å²) < 4.78 is 0. The highest BCUT2D eigenvalue weighted by atomic mass is 14.8. The molecule has 0 unspecified atom stereocenters. The van der Waals surface area contributed by atoms with Gasteiger partial charge in [-0.1, -0.05) is 30.3 Å². The van der Waals surface area contributed by atoms with Gasteiger partial charge in [-0.25, -0.2) is 9.97 Å². The Morgan fingerprint density at radius 2 is 1.71 bits per heavy atom. The van der Waals surface area contributed by atoms with Crippen molar-refractivity contribution >= 4 is 0 Å². The fourth-order valence-corrected chi connectivity index (χ4v) is 1.81. The van der Waals surface area contributed by atoms with Gasteiger partial charge in [-0.05, 0) is 30.9 Å². The van der Waals surface area contributed by atoms with Gasteiger partial charge in [0.2, 0.25) is 0 Å². The molecule has 0 saturated carbocycles. The molecular weight excluding hydrogens is 210 g/mol. The van der Waals surface area contributed by atoms with E-state index >= 15 is 0 Å². The van der Waals surface area contributed by atoms with E-state index in [-0.39, 0.29) is 0 Å². The van der Waals surface area contributed by atoms with Crippen LogP contribution >= 0.6 is 0 Å². The number of aromatic nitrogens is 2. The van der Waals surface area contributed by atoms with Crippen molar-refractivity contribution in [2.24, 2.45) is 5.73 Å². The Hall–Kier alpha value is -1.74. The summed E-state index contributed by atoms with van der Waals surface area (Å²) in [6.07, 6.45) is 4.76. The third kappa shape index (κ3) is 3.64. The maximum Gasteiger partial charge on any atom is 0.115 e. The third-order valence-corrected chi connectivity index (χ3v) is 2.73. The fourth-order valence-electron chi connectivity index (χ4n) is 1.81. The zero-order chi connectivity index (χ0) is 11.9. The Morgan fingerprint density at radius 3 is 2.47 bits per heavy atom. The lowest BCUT2D eigenvalue weighted by molar-refractivity contribution is 0.787. The maximum absolute atomic E-state index is 5.55. The molecule has 88 valence electrons. The summed E-state index contributed by atoms with van der Waals surface area (Å²) in [7, 11) is 0. The Balaban J connectivity index is 1.86. The van der Waals surface area contributed by atoms with Crippen LogP contribution in [0.5, 0.6) is 0 Å². The lowest BCUT2D eigenvalue weighted by Gasteiger charge is -2.02. The minimum Gasteiger partial charge on any atom is -0.325 e. The van der Waals surface area contributed by atoms with E-state index in [4.69, 9.17) is 5.73 Å². The normalized spacial score (nSPS) is 10.4. The van der Waals surface area contributed by atoms with Crippen LogP contribution in [0.15, 0.2) is 42.7 Å². The number of aryl methyl sites for hydroxylation is 2. The molecule has 0 aliphatic rings. The molecule has 0 aliphatic carbocycles. The monoisotopic (exact) mass is 227 g/mol. The van der Waals surface area contributed by atoms with Crippen LogP contribution < -0.4 is 5.73 Å². The molecule has 2 rings (SSSR count). The van der Waals surface area contributed by atoms with Crippen LogP contribution in [-0.2, 0) is 19.4 Å². The molecule has 0 radical (unpaired) electrons. The van der Waals surface area contributed by atoms with Crippen molar-refractivity contribution in [2.75, 3.05) is 0 Å². The zero-order valence-electron chi connectivity index (χ0n) is 9.84. The summed E-state index contributed by atoms with van der Waals surface area (Å²) in [5, 5.41) is 0. The highest BCUT2D eigenvalue weighted by molar-refractivity contribution is 5.15. The summed E-state index contributed by atoms with van der Waals surface area (Å²) in [4.78, 5) is 8.34. The van der Waals surface area contributed by atoms with E-state index in [2.05, 4.69) is 34.2 Å². The van der Waals surface area contributed by atoms with Gasteiger partial charge in [0, 0.05) is 12.2 Å². The number of hydrogen-bond donors (Lipinski definition) is 1. The lowest BCUT2D eigenvalue weighted by atomic mass is 10.1. The van der Waals surface area contributed by atoms with Crippen LogP contribution in [0.25, 0.3) is 0 Å². The van der Waals surface area contributed by atoms with Crippen molar-refractivity contribution in [2.45, 2.75) is 25.8 Å². The predicted octanol–water partition coefficient (Wildman–Crippen LogP) is 2.11. The fraction of sp³-hybridized carbons (Fsp3) is 0.286. The average molecular weight is 227 g/mol. The molecule has 17 heavy (non-hydrogen) atoms. The van der Waals surface area contributed by atoms with Gasteiger partial charge in [0.15, 0.2) is 0 Å². The molecular formula is C14H17N3. The number of nitrogens with two attached hydrogens (primary N) is 1. The highest BCUT2D eigenvalue weighted by Gasteiger charge is 1.98. The summed E-state index contributed by atoms with van der Waals surface area (Å²) in [5.74, 6) is 0. The van der Waals surface area contributed by atoms with Gasteiger partial charge in [-0.3, -0.25) is 0 Å². The van der Waals surface area contributed by atoms with E-state index in [9.17, 15) is 0 Å². The second kappa shape index (κ2) is 6.11. The summed E-state index contributed by atoms with van der Waals surface area (Å²) in [6, 6.07) is 12.5. The Bertz CT molecular complexity index is 454. The first kappa shape index (κ1) is 11.7. The van der Waals surface area contributed by atoms with Gasteiger partial charge < -0.3 is 5.73 Å². The topological polar surface area (TPSA) is 51.8 Å². The molecule has 0 atom stereocenters. The van der Waals surface area contributed by atoms with Gasteiger partial charge in [-0.2, -0.15) is 0 Å². The average Bonchev–Trinajstić information content (AvgIpc) is 2.40. The Kier molecular flexibility index (Phi) is 4.22. The highest BCUT2D eigenvalue weighted by Crippen LogP contribution is 2.06. The molecule has 0 spiro atoms. The van der Waals surface area contributed by atoms with E-state index < -0.39 is 0 Å². The molecule has 0 aliphatic heterocycles. The third-order valence-electron chi connectivity index (χ3n) is 2.73. The summed E-state index contributed by atoms with van der Waals surface area (Å²) >= 11 is 0. The molecule has 3 heteroatoms. The maximum atomic E-state index is 5.55. The van der Waals surface area contributed by atoms with Crippen LogP contribution in [0.2, 0.25) is 0 Å². The lowest BCUT2D eigenvalue weighted by Crippen LogP contribution is -2.02. The SMILES string of the molecule is NCc1cc(CCCc2ccccc2)ncn1. The van der Waals surface area contributed by atoms with Crippen LogP contribution in [0.4, 0.5) is 0 Å². The van der Waals surface area contributed by atoms with Crippen LogP contribution in [-0.4, -0.2) is 9.97 Å². The van der Waals surface area contributed by atoms with Crippen LogP contribution in [0.3, 0.4) is 0 Å². The smallest absolute Gasteiger partial charge is 0.115 e.